The number of benzene rings is 2. The normalized spacial score (nSPS) is 19.1. The second-order valence-corrected chi connectivity index (χ2v) is 7.76. The van der Waals surface area contributed by atoms with E-state index in [-0.39, 0.29) is 17.2 Å². The highest BCUT2D eigenvalue weighted by molar-refractivity contribution is 7.88. The molecule has 2 aromatic rings. The molecule has 0 radical (unpaired) electrons. The average molecular weight is 337 g/mol. The van der Waals surface area contributed by atoms with Crippen LogP contribution in [0.5, 0.6) is 0 Å². The van der Waals surface area contributed by atoms with E-state index in [9.17, 15) is 17.2 Å². The van der Waals surface area contributed by atoms with Crippen LogP contribution in [-0.2, 0) is 15.8 Å². The van der Waals surface area contributed by atoms with Crippen molar-refractivity contribution in [3.63, 3.8) is 0 Å². The van der Waals surface area contributed by atoms with E-state index in [4.69, 9.17) is 0 Å². The zero-order valence-electron chi connectivity index (χ0n) is 12.5. The molecule has 0 aromatic heterocycles. The van der Waals surface area contributed by atoms with Gasteiger partial charge in [0.25, 0.3) is 0 Å². The Balaban J connectivity index is 1.73. The third-order valence-corrected chi connectivity index (χ3v) is 5.90. The molecule has 1 saturated heterocycles. The molecular weight excluding hydrogens is 320 g/mol. The molecule has 3 rings (SSSR count). The first-order valence-electron chi connectivity index (χ1n) is 7.42. The summed E-state index contributed by atoms with van der Waals surface area (Å²) in [4.78, 5) is 0. The van der Waals surface area contributed by atoms with Gasteiger partial charge in [0.15, 0.2) is 0 Å². The van der Waals surface area contributed by atoms with Crippen LogP contribution in [0.3, 0.4) is 0 Å². The molecule has 6 heteroatoms. The fraction of sp³-hybridized carbons (Fsp3) is 0.294. The molecule has 0 unspecified atom stereocenters. The monoisotopic (exact) mass is 337 g/mol. The molecule has 0 aliphatic carbocycles. The van der Waals surface area contributed by atoms with Crippen LogP contribution in [0, 0.1) is 11.6 Å². The van der Waals surface area contributed by atoms with Gasteiger partial charge >= 0.3 is 0 Å². The Morgan fingerprint density at radius 2 is 1.70 bits per heavy atom. The Morgan fingerprint density at radius 1 is 1.04 bits per heavy atom. The van der Waals surface area contributed by atoms with Crippen LogP contribution < -0.4 is 0 Å². The zero-order valence-corrected chi connectivity index (χ0v) is 13.3. The Kier molecular flexibility index (Phi) is 4.46. The Morgan fingerprint density at radius 3 is 2.35 bits per heavy atom. The van der Waals surface area contributed by atoms with E-state index >= 15 is 0 Å². The van der Waals surface area contributed by atoms with Crippen molar-refractivity contribution in [2.45, 2.75) is 18.1 Å². The fourth-order valence-corrected chi connectivity index (χ4v) is 4.54. The average Bonchev–Trinajstić information content (AvgIpc) is 2.97. The van der Waals surface area contributed by atoms with E-state index in [1.165, 1.54) is 4.31 Å². The van der Waals surface area contributed by atoms with E-state index < -0.39 is 21.7 Å². The summed E-state index contributed by atoms with van der Waals surface area (Å²) in [5.41, 5.74) is 1.24. The molecule has 0 saturated carbocycles. The molecule has 0 amide bonds. The highest BCUT2D eigenvalue weighted by Gasteiger charge is 2.32. The summed E-state index contributed by atoms with van der Waals surface area (Å²) < 4.78 is 52.8. The number of hydrogen-bond acceptors (Lipinski definition) is 2. The molecule has 23 heavy (non-hydrogen) atoms. The maximum absolute atomic E-state index is 13.2. The fourth-order valence-electron chi connectivity index (χ4n) is 2.97. The molecular formula is C17H17F2NO2S. The van der Waals surface area contributed by atoms with Gasteiger partial charge < -0.3 is 0 Å². The van der Waals surface area contributed by atoms with E-state index in [1.54, 1.807) is 0 Å². The van der Waals surface area contributed by atoms with Crippen LogP contribution in [-0.4, -0.2) is 25.8 Å². The summed E-state index contributed by atoms with van der Waals surface area (Å²) in [5.74, 6) is -1.75. The standard InChI is InChI=1S/C17H17F2NO2S/c18-16-8-13(9-17(19)10-16)12-23(21,22)20-7-6-15(11-20)14-4-2-1-3-5-14/h1-5,8-10,15H,6-7,11-12H2/t15-/m0/s1. The van der Waals surface area contributed by atoms with E-state index in [2.05, 4.69) is 0 Å². The molecule has 0 N–H and O–H groups in total. The van der Waals surface area contributed by atoms with Crippen molar-refractivity contribution in [1.82, 2.24) is 4.31 Å². The first kappa shape index (κ1) is 16.1. The molecule has 0 bridgehead atoms. The SMILES string of the molecule is O=S(=O)(Cc1cc(F)cc(F)c1)N1CC[C@H](c2ccccc2)C1. The third kappa shape index (κ3) is 3.76. The number of nitrogens with zero attached hydrogens (tertiary/aromatic N) is 1. The zero-order chi connectivity index (χ0) is 16.4. The molecule has 2 aromatic carbocycles. The van der Waals surface area contributed by atoms with Gasteiger partial charge in [-0.2, -0.15) is 0 Å². The molecule has 1 aliphatic rings. The van der Waals surface area contributed by atoms with Crippen LogP contribution >= 0.6 is 0 Å². The second kappa shape index (κ2) is 6.37. The smallest absolute Gasteiger partial charge is 0.212 e. The van der Waals surface area contributed by atoms with Gasteiger partial charge in [-0.25, -0.2) is 21.5 Å². The summed E-state index contributed by atoms with van der Waals surface area (Å²) in [5, 5.41) is 0. The van der Waals surface area contributed by atoms with E-state index in [1.807, 2.05) is 30.3 Å². The van der Waals surface area contributed by atoms with Gasteiger partial charge in [0, 0.05) is 19.2 Å². The Bertz CT molecular complexity index is 773. The third-order valence-electron chi connectivity index (χ3n) is 4.09. The molecule has 3 nitrogen and oxygen atoms in total. The minimum absolute atomic E-state index is 0.130. The van der Waals surface area contributed by atoms with Crippen molar-refractivity contribution in [1.29, 1.82) is 0 Å². The molecule has 0 spiro atoms. The molecule has 1 aliphatic heterocycles. The first-order chi connectivity index (χ1) is 10.9. The van der Waals surface area contributed by atoms with Crippen LogP contribution in [0.4, 0.5) is 8.78 Å². The van der Waals surface area contributed by atoms with Gasteiger partial charge in [0.2, 0.25) is 10.0 Å². The molecule has 1 heterocycles. The lowest BCUT2D eigenvalue weighted by Gasteiger charge is -2.17. The van der Waals surface area contributed by atoms with Crippen molar-refractivity contribution in [3.8, 4) is 0 Å². The largest absolute Gasteiger partial charge is 0.218 e. The van der Waals surface area contributed by atoms with Gasteiger partial charge in [-0.1, -0.05) is 30.3 Å². The number of hydrogen-bond donors (Lipinski definition) is 0. The second-order valence-electron chi connectivity index (χ2n) is 5.79. The highest BCUT2D eigenvalue weighted by Crippen LogP contribution is 2.29. The van der Waals surface area contributed by atoms with Crippen molar-refractivity contribution in [2.24, 2.45) is 0 Å². The Hall–Kier alpha value is -1.79. The quantitative estimate of drug-likeness (QED) is 0.859. The number of rotatable bonds is 4. The predicted octanol–water partition coefficient (Wildman–Crippen LogP) is 3.28. The van der Waals surface area contributed by atoms with Gasteiger partial charge in [0.05, 0.1) is 5.75 Å². The van der Waals surface area contributed by atoms with E-state index in [0.29, 0.717) is 13.1 Å². The van der Waals surface area contributed by atoms with Crippen LogP contribution in [0.2, 0.25) is 0 Å². The minimum atomic E-state index is -3.59. The van der Waals surface area contributed by atoms with Crippen molar-refractivity contribution < 1.29 is 17.2 Å². The topological polar surface area (TPSA) is 37.4 Å². The molecule has 1 fully saturated rings. The maximum atomic E-state index is 13.2. The number of halogens is 2. The van der Waals surface area contributed by atoms with Crippen LogP contribution in [0.1, 0.15) is 23.5 Å². The Labute approximate surface area is 134 Å². The van der Waals surface area contributed by atoms with Crippen LogP contribution in [0.25, 0.3) is 0 Å². The van der Waals surface area contributed by atoms with Gasteiger partial charge in [0.1, 0.15) is 11.6 Å². The first-order valence-corrected chi connectivity index (χ1v) is 9.03. The summed E-state index contributed by atoms with van der Waals surface area (Å²) in [6.07, 6.45) is 0.751. The lowest BCUT2D eigenvalue weighted by molar-refractivity contribution is 0.471. The predicted molar refractivity (Wildman–Crippen MR) is 84.4 cm³/mol. The van der Waals surface area contributed by atoms with Gasteiger partial charge in [-0.05, 0) is 35.6 Å². The molecule has 1 atom stereocenters. The van der Waals surface area contributed by atoms with Crippen molar-refractivity contribution in [2.75, 3.05) is 13.1 Å². The summed E-state index contributed by atoms with van der Waals surface area (Å²) >= 11 is 0. The van der Waals surface area contributed by atoms with E-state index in [0.717, 1.165) is 30.2 Å². The maximum Gasteiger partial charge on any atom is 0.218 e. The van der Waals surface area contributed by atoms with Gasteiger partial charge in [-0.15, -0.1) is 0 Å². The number of sulfonamides is 1. The van der Waals surface area contributed by atoms with Crippen molar-refractivity contribution in [3.05, 3.63) is 71.3 Å². The minimum Gasteiger partial charge on any atom is -0.212 e. The highest BCUT2D eigenvalue weighted by atomic mass is 32.2. The lowest BCUT2D eigenvalue weighted by Crippen LogP contribution is -2.29. The summed E-state index contributed by atoms with van der Waals surface area (Å²) in [6.45, 7) is 0.837. The van der Waals surface area contributed by atoms with Crippen molar-refractivity contribution >= 4 is 10.0 Å². The lowest BCUT2D eigenvalue weighted by atomic mass is 9.99. The van der Waals surface area contributed by atoms with Crippen LogP contribution in [0.15, 0.2) is 48.5 Å². The molecule has 122 valence electrons. The summed E-state index contributed by atoms with van der Waals surface area (Å²) in [7, 11) is -3.59. The summed E-state index contributed by atoms with van der Waals surface area (Å²) in [6, 6.07) is 12.6. The van der Waals surface area contributed by atoms with Gasteiger partial charge in [-0.3, -0.25) is 0 Å².